The van der Waals surface area contributed by atoms with Gasteiger partial charge >= 0.3 is 17.9 Å². The maximum Gasteiger partial charge on any atom is 0.336 e. The van der Waals surface area contributed by atoms with Crippen molar-refractivity contribution < 1.29 is 38.8 Å². The molecule has 0 aromatic heterocycles. The normalized spacial score (nSPS) is 41.2. The van der Waals surface area contributed by atoms with Crippen molar-refractivity contribution in [2.24, 2.45) is 39.9 Å². The first-order valence-corrected chi connectivity index (χ1v) is 16.9. The first-order chi connectivity index (χ1) is 20.0. The average Bonchev–Trinajstić information content (AvgIpc) is 3.17. The lowest BCUT2D eigenvalue weighted by Crippen LogP contribution is -2.65. The molecule has 0 aromatic rings. The lowest BCUT2D eigenvalue weighted by atomic mass is 9.36. The van der Waals surface area contributed by atoms with Crippen LogP contribution in [0.5, 0.6) is 0 Å². The van der Waals surface area contributed by atoms with E-state index in [1.54, 1.807) is 0 Å². The van der Waals surface area contributed by atoms with Gasteiger partial charge < -0.3 is 24.4 Å². The minimum Gasteiger partial charge on any atom is -0.458 e. The molecule has 2 N–H and O–H groups in total. The minimum atomic E-state index is -0.617. The highest BCUT2D eigenvalue weighted by Crippen LogP contribution is 2.74. The Labute approximate surface area is 270 Å². The summed E-state index contributed by atoms with van der Waals surface area (Å²) in [5.41, 5.74) is 1.59. The topological polar surface area (TPSA) is 119 Å². The molecule has 43 heavy (non-hydrogen) atoms. The third kappa shape index (κ3) is 6.08. The van der Waals surface area contributed by atoms with Crippen molar-refractivity contribution in [2.45, 2.75) is 125 Å². The summed E-state index contributed by atoms with van der Waals surface area (Å²) in [6.07, 6.45) is 3.93. The zero-order valence-corrected chi connectivity index (χ0v) is 29.3. The molecular formula is C34H51IO8. The predicted octanol–water partition coefficient (Wildman–Crippen LogP) is 6.41. The minimum absolute atomic E-state index is 0.0123. The number of allylic oxidation sites excluding steroid dienone is 2. The van der Waals surface area contributed by atoms with Crippen molar-refractivity contribution in [1.29, 1.82) is 0 Å². The van der Waals surface area contributed by atoms with E-state index in [2.05, 4.69) is 50.3 Å². The number of aliphatic hydroxyl groups is 2. The zero-order valence-electron chi connectivity index (χ0n) is 27.1. The number of halogens is 1. The van der Waals surface area contributed by atoms with E-state index in [1.807, 2.05) is 13.8 Å². The highest BCUT2D eigenvalue weighted by molar-refractivity contribution is 14.1. The number of rotatable bonds is 7. The highest BCUT2D eigenvalue weighted by atomic mass is 127. The van der Waals surface area contributed by atoms with E-state index in [1.165, 1.54) is 13.8 Å². The van der Waals surface area contributed by atoms with Gasteiger partial charge in [-0.3, -0.25) is 9.59 Å². The molecule has 9 heteroatoms. The van der Waals surface area contributed by atoms with Crippen LogP contribution in [0.3, 0.4) is 0 Å². The highest BCUT2D eigenvalue weighted by Gasteiger charge is 2.70. The third-order valence-corrected chi connectivity index (χ3v) is 13.8. The zero-order chi connectivity index (χ0) is 32.1. The van der Waals surface area contributed by atoms with Crippen molar-refractivity contribution in [3.05, 3.63) is 20.3 Å². The number of ether oxygens (including phenoxy) is 3. The Morgan fingerprint density at radius 2 is 1.58 bits per heavy atom. The SMILES string of the molecule is CC(=O)OCOC(=O)C(CCC(I)=C(C)C)=C1[C@@H](OC(C)=O)C[C@@]2(C)[C@@H]1C[C@@H](O)[C@@H]1[C@@]3(C)CC[C@@H](O)[C@@H](C)C3CC[C@@]12C. The summed E-state index contributed by atoms with van der Waals surface area (Å²) in [6, 6.07) is 0. The number of hydrogen-bond donors (Lipinski definition) is 2. The molecular weight excluding hydrogens is 663 g/mol. The summed E-state index contributed by atoms with van der Waals surface area (Å²) in [5, 5.41) is 22.9. The molecule has 0 spiro atoms. The van der Waals surface area contributed by atoms with Gasteiger partial charge in [-0.05, 0) is 137 Å². The summed E-state index contributed by atoms with van der Waals surface area (Å²) in [4.78, 5) is 37.6. The molecule has 4 fully saturated rings. The third-order valence-electron chi connectivity index (χ3n) is 12.2. The van der Waals surface area contributed by atoms with Gasteiger partial charge in [0.05, 0.1) is 12.2 Å². The number of aliphatic hydroxyl groups excluding tert-OH is 2. The molecule has 0 saturated heterocycles. The largest absolute Gasteiger partial charge is 0.458 e. The predicted molar refractivity (Wildman–Crippen MR) is 171 cm³/mol. The van der Waals surface area contributed by atoms with Crippen molar-refractivity contribution >= 4 is 40.5 Å². The number of carbonyl (C=O) groups excluding carboxylic acids is 3. The van der Waals surface area contributed by atoms with Gasteiger partial charge in [-0.25, -0.2) is 4.79 Å². The number of carbonyl (C=O) groups is 3. The van der Waals surface area contributed by atoms with Gasteiger partial charge in [-0.15, -0.1) is 0 Å². The molecule has 0 aromatic carbocycles. The van der Waals surface area contributed by atoms with Gasteiger partial charge in [-0.1, -0.05) is 33.3 Å². The van der Waals surface area contributed by atoms with E-state index in [0.717, 1.165) is 40.4 Å². The number of hydrogen-bond acceptors (Lipinski definition) is 8. The van der Waals surface area contributed by atoms with Crippen LogP contribution in [-0.2, 0) is 28.6 Å². The van der Waals surface area contributed by atoms with Crippen molar-refractivity contribution in [3.8, 4) is 0 Å². The molecule has 1 unspecified atom stereocenters. The van der Waals surface area contributed by atoms with Crippen LogP contribution in [0.1, 0.15) is 107 Å². The summed E-state index contributed by atoms with van der Waals surface area (Å²) in [6.45, 7) is 15.3. The maximum atomic E-state index is 13.7. The summed E-state index contributed by atoms with van der Waals surface area (Å²) >= 11 is 2.30. The molecule has 4 rings (SSSR count). The van der Waals surface area contributed by atoms with Crippen LogP contribution in [0.25, 0.3) is 0 Å². The van der Waals surface area contributed by atoms with Crippen molar-refractivity contribution in [3.63, 3.8) is 0 Å². The van der Waals surface area contributed by atoms with E-state index in [-0.39, 0.29) is 40.1 Å². The lowest BCUT2D eigenvalue weighted by Gasteiger charge is -2.69. The summed E-state index contributed by atoms with van der Waals surface area (Å²) in [7, 11) is 0. The smallest absolute Gasteiger partial charge is 0.336 e. The maximum absolute atomic E-state index is 13.7. The van der Waals surface area contributed by atoms with Gasteiger partial charge in [0.25, 0.3) is 0 Å². The molecule has 0 heterocycles. The van der Waals surface area contributed by atoms with Gasteiger partial charge in [0.2, 0.25) is 6.79 Å². The van der Waals surface area contributed by atoms with Crippen LogP contribution in [0, 0.1) is 39.9 Å². The van der Waals surface area contributed by atoms with Crippen LogP contribution >= 0.6 is 22.6 Å². The van der Waals surface area contributed by atoms with Crippen LogP contribution < -0.4 is 0 Å². The molecule has 4 aliphatic carbocycles. The van der Waals surface area contributed by atoms with Gasteiger partial charge in [0, 0.05) is 19.4 Å². The standard InChI is InChI=1S/C34H51IO8/c1-18(2)25(35)10-9-22(31(40)42-17-41-20(4)36)29-24-15-27(39)30-32(6)13-12-26(38)19(3)23(32)11-14-33(30,7)34(24,8)16-28(29)43-21(5)37/h19,23-24,26-28,30,38-39H,9-17H2,1-8H3/t19-,23?,24+,26+,27+,28-,30+,32-,33-,34-/m0/s1. The second-order valence-electron chi connectivity index (χ2n) is 14.6. The molecule has 10 atom stereocenters. The van der Waals surface area contributed by atoms with Crippen LogP contribution in [0.4, 0.5) is 0 Å². The number of fused-ring (bicyclic) bond motifs is 5. The van der Waals surface area contributed by atoms with Gasteiger partial charge in [0.15, 0.2) is 0 Å². The average molecular weight is 715 g/mol. The Kier molecular flexibility index (Phi) is 10.2. The molecule has 0 aliphatic heterocycles. The van der Waals surface area contributed by atoms with Gasteiger partial charge in [0.1, 0.15) is 6.10 Å². The Balaban J connectivity index is 1.83. The molecule has 0 amide bonds. The second-order valence-corrected chi connectivity index (χ2v) is 15.9. The fraction of sp³-hybridized carbons (Fsp3) is 0.794. The summed E-state index contributed by atoms with van der Waals surface area (Å²) < 4.78 is 17.5. The summed E-state index contributed by atoms with van der Waals surface area (Å²) in [5.74, 6) is -1.23. The van der Waals surface area contributed by atoms with Crippen molar-refractivity contribution in [1.82, 2.24) is 0 Å². The monoisotopic (exact) mass is 714 g/mol. The Bertz CT molecular complexity index is 1190. The molecule has 242 valence electrons. The van der Waals surface area contributed by atoms with Crippen LogP contribution in [0.15, 0.2) is 20.3 Å². The van der Waals surface area contributed by atoms with E-state index in [4.69, 9.17) is 14.2 Å². The quantitative estimate of drug-likeness (QED) is 0.135. The number of esters is 3. The van der Waals surface area contributed by atoms with E-state index < -0.39 is 36.9 Å². The molecule has 4 saturated carbocycles. The van der Waals surface area contributed by atoms with Crippen molar-refractivity contribution in [2.75, 3.05) is 6.79 Å². The molecule has 4 aliphatic rings. The first kappa shape index (κ1) is 34.4. The Morgan fingerprint density at radius 1 is 0.907 bits per heavy atom. The van der Waals surface area contributed by atoms with E-state index in [9.17, 15) is 24.6 Å². The Hall–Kier alpha value is -1.46. The second kappa shape index (κ2) is 12.7. The fourth-order valence-corrected chi connectivity index (χ4v) is 10.3. The van der Waals surface area contributed by atoms with E-state index >= 15 is 0 Å². The molecule has 0 radical (unpaired) electrons. The fourth-order valence-electron chi connectivity index (χ4n) is 10.0. The molecule has 0 bridgehead atoms. The van der Waals surface area contributed by atoms with Crippen LogP contribution in [0.2, 0.25) is 0 Å². The molecule has 8 nitrogen and oxygen atoms in total. The lowest BCUT2D eigenvalue weighted by molar-refractivity contribution is -0.234. The van der Waals surface area contributed by atoms with Gasteiger partial charge in [-0.2, -0.15) is 0 Å². The van der Waals surface area contributed by atoms with Crippen LogP contribution in [-0.4, -0.2) is 53.2 Å². The van der Waals surface area contributed by atoms with E-state index in [0.29, 0.717) is 37.2 Å². The first-order valence-electron chi connectivity index (χ1n) is 15.9. The Morgan fingerprint density at radius 3 is 2.19 bits per heavy atom.